The molecular weight excluding hydrogens is 202 g/mol. The Morgan fingerprint density at radius 1 is 1.19 bits per heavy atom. The van der Waals surface area contributed by atoms with E-state index in [-0.39, 0.29) is 6.04 Å². The lowest BCUT2D eigenvalue weighted by atomic mass is 10.1. The van der Waals surface area contributed by atoms with Crippen LogP contribution in [0.15, 0.2) is 0 Å². The highest BCUT2D eigenvalue weighted by atomic mass is 16.4. The van der Waals surface area contributed by atoms with Gasteiger partial charge >= 0.3 is 5.97 Å². The standard InChI is InChI=1S/C13H25NO2/c1-2-3-6-9-12(13(15)16)14-10-7-4-5-8-11-14/h12H,2-11H2,1H3,(H,15,16). The first-order valence-corrected chi connectivity index (χ1v) is 6.72. The Morgan fingerprint density at radius 2 is 1.81 bits per heavy atom. The molecule has 16 heavy (non-hydrogen) atoms. The quantitative estimate of drug-likeness (QED) is 0.709. The van der Waals surface area contributed by atoms with Gasteiger partial charge in [0.15, 0.2) is 0 Å². The van der Waals surface area contributed by atoms with Gasteiger partial charge < -0.3 is 5.11 Å². The van der Waals surface area contributed by atoms with Crippen molar-refractivity contribution in [2.75, 3.05) is 13.1 Å². The van der Waals surface area contributed by atoms with Crippen molar-refractivity contribution in [3.8, 4) is 0 Å². The van der Waals surface area contributed by atoms with Crippen molar-refractivity contribution in [1.82, 2.24) is 4.90 Å². The fraction of sp³-hybridized carbons (Fsp3) is 0.923. The number of hydrogen-bond acceptors (Lipinski definition) is 2. The van der Waals surface area contributed by atoms with Gasteiger partial charge in [-0.05, 0) is 32.4 Å². The van der Waals surface area contributed by atoms with Crippen LogP contribution in [0.1, 0.15) is 58.3 Å². The molecule has 0 aromatic carbocycles. The number of carboxylic acids is 1. The molecule has 3 nitrogen and oxygen atoms in total. The van der Waals surface area contributed by atoms with Gasteiger partial charge in [-0.3, -0.25) is 9.69 Å². The maximum Gasteiger partial charge on any atom is 0.320 e. The molecule has 0 radical (unpaired) electrons. The second kappa shape index (κ2) is 7.66. The highest BCUT2D eigenvalue weighted by Crippen LogP contribution is 2.16. The molecule has 94 valence electrons. The van der Waals surface area contributed by atoms with Crippen LogP contribution in [0.3, 0.4) is 0 Å². The van der Waals surface area contributed by atoms with Crippen molar-refractivity contribution in [3.63, 3.8) is 0 Å². The van der Waals surface area contributed by atoms with E-state index in [2.05, 4.69) is 11.8 Å². The van der Waals surface area contributed by atoms with Gasteiger partial charge in [0.05, 0.1) is 0 Å². The van der Waals surface area contributed by atoms with Gasteiger partial charge in [0.2, 0.25) is 0 Å². The summed E-state index contributed by atoms with van der Waals surface area (Å²) >= 11 is 0. The Kier molecular flexibility index (Phi) is 6.46. The molecule has 0 aromatic rings. The summed E-state index contributed by atoms with van der Waals surface area (Å²) in [6.07, 6.45) is 9.03. The fourth-order valence-corrected chi connectivity index (χ4v) is 2.46. The summed E-state index contributed by atoms with van der Waals surface area (Å²) in [5.41, 5.74) is 0. The molecule has 1 heterocycles. The minimum atomic E-state index is -0.627. The molecule has 0 spiro atoms. The number of rotatable bonds is 6. The van der Waals surface area contributed by atoms with E-state index in [1.54, 1.807) is 0 Å². The number of aliphatic carboxylic acids is 1. The van der Waals surface area contributed by atoms with Crippen LogP contribution in [0.4, 0.5) is 0 Å². The molecule has 1 saturated heterocycles. The molecule has 1 rings (SSSR count). The lowest BCUT2D eigenvalue weighted by Crippen LogP contribution is -2.41. The minimum Gasteiger partial charge on any atom is -0.480 e. The van der Waals surface area contributed by atoms with Gasteiger partial charge in [-0.2, -0.15) is 0 Å². The molecule has 0 aromatic heterocycles. The summed E-state index contributed by atoms with van der Waals surface area (Å²) < 4.78 is 0. The normalized spacial score (nSPS) is 20.3. The minimum absolute atomic E-state index is 0.232. The molecule has 1 unspecified atom stereocenters. The van der Waals surface area contributed by atoms with E-state index >= 15 is 0 Å². The van der Waals surface area contributed by atoms with Crippen molar-refractivity contribution < 1.29 is 9.90 Å². The van der Waals surface area contributed by atoms with Crippen LogP contribution in [-0.4, -0.2) is 35.1 Å². The number of unbranched alkanes of at least 4 members (excludes halogenated alkanes) is 2. The van der Waals surface area contributed by atoms with E-state index < -0.39 is 5.97 Å². The second-order valence-corrected chi connectivity index (χ2v) is 4.80. The Bertz CT molecular complexity index is 198. The maximum absolute atomic E-state index is 11.3. The number of nitrogens with zero attached hydrogens (tertiary/aromatic N) is 1. The number of hydrogen-bond donors (Lipinski definition) is 1. The second-order valence-electron chi connectivity index (χ2n) is 4.80. The van der Waals surface area contributed by atoms with Crippen molar-refractivity contribution in [2.45, 2.75) is 64.3 Å². The summed E-state index contributed by atoms with van der Waals surface area (Å²) in [6, 6.07) is -0.232. The Labute approximate surface area is 98.8 Å². The summed E-state index contributed by atoms with van der Waals surface area (Å²) in [4.78, 5) is 13.4. The summed E-state index contributed by atoms with van der Waals surface area (Å²) in [5.74, 6) is -0.627. The molecule has 1 N–H and O–H groups in total. The third kappa shape index (κ3) is 4.52. The van der Waals surface area contributed by atoms with Crippen molar-refractivity contribution in [2.24, 2.45) is 0 Å². The van der Waals surface area contributed by atoms with Crippen LogP contribution in [0.5, 0.6) is 0 Å². The monoisotopic (exact) mass is 227 g/mol. The first-order valence-electron chi connectivity index (χ1n) is 6.72. The smallest absolute Gasteiger partial charge is 0.320 e. The highest BCUT2D eigenvalue weighted by Gasteiger charge is 2.25. The van der Waals surface area contributed by atoms with Gasteiger partial charge in [0.25, 0.3) is 0 Å². The third-order valence-corrected chi connectivity index (χ3v) is 3.45. The molecular formula is C13H25NO2. The molecule has 1 fully saturated rings. The average Bonchev–Trinajstić information content (AvgIpc) is 2.52. The summed E-state index contributed by atoms with van der Waals surface area (Å²) in [5, 5.41) is 9.28. The van der Waals surface area contributed by atoms with E-state index in [1.165, 1.54) is 12.8 Å². The maximum atomic E-state index is 11.3. The molecule has 3 heteroatoms. The van der Waals surface area contributed by atoms with Crippen LogP contribution in [0.2, 0.25) is 0 Å². The van der Waals surface area contributed by atoms with Crippen molar-refractivity contribution in [1.29, 1.82) is 0 Å². The van der Waals surface area contributed by atoms with E-state index in [9.17, 15) is 9.90 Å². The van der Waals surface area contributed by atoms with E-state index in [4.69, 9.17) is 0 Å². The van der Waals surface area contributed by atoms with E-state index in [0.29, 0.717) is 0 Å². The zero-order valence-electron chi connectivity index (χ0n) is 10.5. The summed E-state index contributed by atoms with van der Waals surface area (Å²) in [6.45, 7) is 4.11. The molecule has 1 atom stereocenters. The van der Waals surface area contributed by atoms with Crippen LogP contribution in [0.25, 0.3) is 0 Å². The zero-order chi connectivity index (χ0) is 11.8. The first-order chi connectivity index (χ1) is 7.75. The molecule has 0 amide bonds. The van der Waals surface area contributed by atoms with Gasteiger partial charge in [-0.1, -0.05) is 39.0 Å². The zero-order valence-corrected chi connectivity index (χ0v) is 10.5. The van der Waals surface area contributed by atoms with Crippen molar-refractivity contribution in [3.05, 3.63) is 0 Å². The van der Waals surface area contributed by atoms with Crippen LogP contribution >= 0.6 is 0 Å². The number of carbonyl (C=O) groups is 1. The molecule has 0 saturated carbocycles. The van der Waals surface area contributed by atoms with Crippen LogP contribution in [-0.2, 0) is 4.79 Å². The first kappa shape index (κ1) is 13.5. The van der Waals surface area contributed by atoms with Gasteiger partial charge in [0, 0.05) is 0 Å². The van der Waals surface area contributed by atoms with E-state index in [1.807, 2.05) is 0 Å². The Hall–Kier alpha value is -0.570. The lowest BCUT2D eigenvalue weighted by molar-refractivity contribution is -0.143. The van der Waals surface area contributed by atoms with Crippen LogP contribution < -0.4 is 0 Å². The number of carboxylic acid groups (broad SMARTS) is 1. The largest absolute Gasteiger partial charge is 0.480 e. The van der Waals surface area contributed by atoms with Gasteiger partial charge in [-0.15, -0.1) is 0 Å². The molecule has 1 aliphatic rings. The number of likely N-dealkylation sites (tertiary alicyclic amines) is 1. The predicted octanol–water partition coefficient (Wildman–Crippen LogP) is 2.90. The lowest BCUT2D eigenvalue weighted by Gasteiger charge is -2.27. The van der Waals surface area contributed by atoms with E-state index in [0.717, 1.165) is 51.6 Å². The SMILES string of the molecule is CCCCCC(C(=O)O)N1CCCCCC1. The summed E-state index contributed by atoms with van der Waals surface area (Å²) in [7, 11) is 0. The topological polar surface area (TPSA) is 40.5 Å². The predicted molar refractivity (Wildman–Crippen MR) is 65.6 cm³/mol. The van der Waals surface area contributed by atoms with Gasteiger partial charge in [0.1, 0.15) is 6.04 Å². The molecule has 1 aliphatic heterocycles. The molecule has 0 aliphatic carbocycles. The van der Waals surface area contributed by atoms with Crippen molar-refractivity contribution >= 4 is 5.97 Å². The molecule has 0 bridgehead atoms. The van der Waals surface area contributed by atoms with Crippen LogP contribution in [0, 0.1) is 0 Å². The average molecular weight is 227 g/mol. The third-order valence-electron chi connectivity index (χ3n) is 3.45. The Balaban J connectivity index is 2.43. The Morgan fingerprint density at radius 3 is 2.31 bits per heavy atom. The van der Waals surface area contributed by atoms with Gasteiger partial charge in [-0.25, -0.2) is 0 Å². The fourth-order valence-electron chi connectivity index (χ4n) is 2.46. The highest BCUT2D eigenvalue weighted by molar-refractivity contribution is 5.73.